The van der Waals surface area contributed by atoms with Crippen LogP contribution >= 0.6 is 11.6 Å². The molecule has 23 heavy (non-hydrogen) atoms. The summed E-state index contributed by atoms with van der Waals surface area (Å²) in [7, 11) is 0. The first-order chi connectivity index (χ1) is 11.1. The molecule has 4 heteroatoms. The Morgan fingerprint density at radius 1 is 1.22 bits per heavy atom. The van der Waals surface area contributed by atoms with E-state index in [1.807, 2.05) is 24.3 Å². The number of aryl methyl sites for hydroxylation is 2. The van der Waals surface area contributed by atoms with Crippen molar-refractivity contribution < 1.29 is 9.53 Å². The van der Waals surface area contributed by atoms with Gasteiger partial charge in [-0.1, -0.05) is 23.7 Å². The fourth-order valence-electron chi connectivity index (χ4n) is 2.87. The summed E-state index contributed by atoms with van der Waals surface area (Å²) >= 11 is 6.09. The average molecular weight is 326 g/mol. The number of carbonyl (C=O) groups is 1. The lowest BCUT2D eigenvalue weighted by Gasteiger charge is -2.15. The van der Waals surface area contributed by atoms with Crippen molar-refractivity contribution in [3.8, 4) is 11.8 Å². The predicted molar refractivity (Wildman–Crippen MR) is 89.1 cm³/mol. The molecule has 0 spiro atoms. The van der Waals surface area contributed by atoms with E-state index in [9.17, 15) is 4.79 Å². The summed E-state index contributed by atoms with van der Waals surface area (Å²) in [6.07, 6.45) is 2.64. The van der Waals surface area contributed by atoms with E-state index < -0.39 is 6.10 Å². The van der Waals surface area contributed by atoms with Crippen LogP contribution in [0.4, 0.5) is 0 Å². The molecule has 2 aromatic carbocycles. The Morgan fingerprint density at radius 2 is 2.00 bits per heavy atom. The maximum absolute atomic E-state index is 12.6. The molecule has 1 aliphatic rings. The Kier molecular flexibility index (Phi) is 4.36. The summed E-state index contributed by atoms with van der Waals surface area (Å²) in [5, 5.41) is 9.18. The molecule has 0 saturated carbocycles. The molecule has 0 bridgehead atoms. The number of hydrogen-bond donors (Lipinski definition) is 0. The highest BCUT2D eigenvalue weighted by atomic mass is 35.5. The zero-order valence-electron chi connectivity index (χ0n) is 12.8. The molecule has 116 valence electrons. The molecular weight excluding hydrogens is 310 g/mol. The number of benzene rings is 2. The number of halogens is 1. The first-order valence-electron chi connectivity index (χ1n) is 7.61. The van der Waals surface area contributed by atoms with Crippen LogP contribution < -0.4 is 4.74 Å². The van der Waals surface area contributed by atoms with Crippen molar-refractivity contribution in [2.75, 3.05) is 0 Å². The minimum absolute atomic E-state index is 0.0693. The Balaban J connectivity index is 1.76. The van der Waals surface area contributed by atoms with Crippen molar-refractivity contribution in [3.05, 3.63) is 63.7 Å². The van der Waals surface area contributed by atoms with Gasteiger partial charge < -0.3 is 4.74 Å². The monoisotopic (exact) mass is 325 g/mol. The molecule has 1 aliphatic carbocycles. The molecule has 0 unspecified atom stereocenters. The van der Waals surface area contributed by atoms with Crippen LogP contribution in [0.5, 0.6) is 5.75 Å². The molecule has 0 aromatic heterocycles. The van der Waals surface area contributed by atoms with Crippen molar-refractivity contribution in [1.29, 1.82) is 5.26 Å². The Morgan fingerprint density at radius 3 is 2.74 bits per heavy atom. The van der Waals surface area contributed by atoms with Gasteiger partial charge in [0.15, 0.2) is 6.10 Å². The lowest BCUT2D eigenvalue weighted by atomic mass is 10.0. The Labute approximate surface area is 140 Å². The van der Waals surface area contributed by atoms with Crippen LogP contribution in [0.1, 0.15) is 40.4 Å². The number of ketones is 1. The number of fused-ring (bicyclic) bond motifs is 1. The smallest absolute Gasteiger partial charge is 0.203 e. The molecule has 3 nitrogen and oxygen atoms in total. The van der Waals surface area contributed by atoms with Crippen LogP contribution in [0.25, 0.3) is 0 Å². The molecule has 0 radical (unpaired) electrons. The van der Waals surface area contributed by atoms with E-state index in [4.69, 9.17) is 21.6 Å². The highest BCUT2D eigenvalue weighted by Gasteiger charge is 2.20. The van der Waals surface area contributed by atoms with Gasteiger partial charge in [0, 0.05) is 5.56 Å². The van der Waals surface area contributed by atoms with Crippen LogP contribution in [-0.4, -0.2) is 11.9 Å². The molecule has 0 N–H and O–H groups in total. The highest BCUT2D eigenvalue weighted by Crippen LogP contribution is 2.28. The standard InChI is InChI=1S/C19H16ClNO2/c1-12(23-18-8-5-13(11-21)9-17(18)20)19(22)16-7-6-14-3-2-4-15(14)10-16/h5-10,12H,2-4H2,1H3/t12-/m1/s1. The molecule has 2 aromatic rings. The number of Topliss-reactive ketones (excluding diaryl/α,β-unsaturated/α-hetero) is 1. The van der Waals surface area contributed by atoms with E-state index in [1.165, 1.54) is 17.2 Å². The van der Waals surface area contributed by atoms with Crippen molar-refractivity contribution >= 4 is 17.4 Å². The first-order valence-corrected chi connectivity index (χ1v) is 7.98. The summed E-state index contributed by atoms with van der Waals surface area (Å²) in [4.78, 5) is 12.6. The number of nitrogens with zero attached hydrogens (tertiary/aromatic N) is 1. The van der Waals surface area contributed by atoms with Crippen molar-refractivity contribution in [2.24, 2.45) is 0 Å². The minimum atomic E-state index is -0.639. The third-order valence-electron chi connectivity index (χ3n) is 4.12. The molecule has 1 atom stereocenters. The van der Waals surface area contributed by atoms with E-state index in [-0.39, 0.29) is 5.78 Å². The van der Waals surface area contributed by atoms with E-state index in [2.05, 4.69) is 0 Å². The molecule has 0 saturated heterocycles. The molecule has 0 heterocycles. The van der Waals surface area contributed by atoms with Gasteiger partial charge >= 0.3 is 0 Å². The Bertz CT molecular complexity index is 808. The molecular formula is C19H16ClNO2. The van der Waals surface area contributed by atoms with E-state index >= 15 is 0 Å². The van der Waals surface area contributed by atoms with Crippen molar-refractivity contribution in [3.63, 3.8) is 0 Å². The maximum Gasteiger partial charge on any atom is 0.203 e. The molecule has 0 amide bonds. The summed E-state index contributed by atoms with van der Waals surface area (Å²) in [6, 6.07) is 12.7. The van der Waals surface area contributed by atoms with Crippen LogP contribution in [-0.2, 0) is 12.8 Å². The second kappa shape index (κ2) is 6.44. The number of rotatable bonds is 4. The largest absolute Gasteiger partial charge is 0.481 e. The summed E-state index contributed by atoms with van der Waals surface area (Å²) in [5.74, 6) is 0.341. The van der Waals surface area contributed by atoms with Crippen molar-refractivity contribution in [2.45, 2.75) is 32.3 Å². The fourth-order valence-corrected chi connectivity index (χ4v) is 3.09. The second-order valence-electron chi connectivity index (χ2n) is 5.72. The van der Waals surface area contributed by atoms with Crippen LogP contribution in [0.3, 0.4) is 0 Å². The van der Waals surface area contributed by atoms with E-state index in [1.54, 1.807) is 19.1 Å². The zero-order chi connectivity index (χ0) is 16.4. The number of hydrogen-bond acceptors (Lipinski definition) is 3. The predicted octanol–water partition coefficient (Wildman–Crippen LogP) is 4.35. The molecule has 0 fully saturated rings. The topological polar surface area (TPSA) is 50.1 Å². The molecule has 0 aliphatic heterocycles. The molecule has 3 rings (SSSR count). The summed E-state index contributed by atoms with van der Waals surface area (Å²) in [6.45, 7) is 1.71. The Hall–Kier alpha value is -2.31. The zero-order valence-corrected chi connectivity index (χ0v) is 13.6. The average Bonchev–Trinajstić information content (AvgIpc) is 3.03. The maximum atomic E-state index is 12.6. The third kappa shape index (κ3) is 3.23. The van der Waals surface area contributed by atoms with Gasteiger partial charge in [-0.2, -0.15) is 5.26 Å². The van der Waals surface area contributed by atoms with Crippen molar-refractivity contribution in [1.82, 2.24) is 0 Å². The quantitative estimate of drug-likeness (QED) is 0.785. The van der Waals surface area contributed by atoms with Gasteiger partial charge in [0.05, 0.1) is 16.7 Å². The van der Waals surface area contributed by atoms with Gasteiger partial charge in [0.25, 0.3) is 0 Å². The van der Waals surface area contributed by atoms with Crippen LogP contribution in [0, 0.1) is 11.3 Å². The van der Waals surface area contributed by atoms with Gasteiger partial charge in [0.1, 0.15) is 5.75 Å². The van der Waals surface area contributed by atoms with E-state index in [0.717, 1.165) is 19.3 Å². The summed E-state index contributed by atoms with van der Waals surface area (Å²) < 4.78 is 5.69. The van der Waals surface area contributed by atoms with Crippen LogP contribution in [0.15, 0.2) is 36.4 Å². The van der Waals surface area contributed by atoms with Gasteiger partial charge in [-0.3, -0.25) is 4.79 Å². The second-order valence-corrected chi connectivity index (χ2v) is 6.13. The van der Waals surface area contributed by atoms with Gasteiger partial charge in [-0.15, -0.1) is 0 Å². The first kappa shape index (κ1) is 15.6. The number of carbonyl (C=O) groups excluding carboxylic acids is 1. The summed E-state index contributed by atoms with van der Waals surface area (Å²) in [5.41, 5.74) is 3.73. The number of ether oxygens (including phenoxy) is 1. The van der Waals surface area contributed by atoms with Gasteiger partial charge in [-0.05, 0) is 61.6 Å². The normalized spacial score (nSPS) is 14.0. The van der Waals surface area contributed by atoms with Gasteiger partial charge in [-0.25, -0.2) is 0 Å². The van der Waals surface area contributed by atoms with Crippen LogP contribution in [0.2, 0.25) is 5.02 Å². The lowest BCUT2D eigenvalue weighted by Crippen LogP contribution is -2.24. The van der Waals surface area contributed by atoms with Gasteiger partial charge in [0.2, 0.25) is 5.78 Å². The highest BCUT2D eigenvalue weighted by molar-refractivity contribution is 6.32. The number of nitriles is 1. The van der Waals surface area contributed by atoms with E-state index in [0.29, 0.717) is 21.9 Å². The lowest BCUT2D eigenvalue weighted by molar-refractivity contribution is 0.0818. The SMILES string of the molecule is C[C@@H](Oc1ccc(C#N)cc1Cl)C(=O)c1ccc2c(c1)CCC2. The third-order valence-corrected chi connectivity index (χ3v) is 4.41. The minimum Gasteiger partial charge on any atom is -0.481 e. The fraction of sp³-hybridized carbons (Fsp3) is 0.263.